The number of ether oxygens (including phenoxy) is 1. The smallest absolute Gasteiger partial charge is 0.354 e. The number of hydrogen-bond donors (Lipinski definition) is 1. The number of rotatable bonds is 3. The highest BCUT2D eigenvalue weighted by atomic mass is 19.1. The standard InChI is InChI=1S/C15H24FNO3/c1-9(2)11-5-4-10(3)8-12(11)20-14(19)15(16)6-7-17-13(15)18/h9-12H,4-8H2,1-3H3,(H,17,18)/t10-,11?,12-,15-/m0/s1. The van der Waals surface area contributed by atoms with E-state index in [9.17, 15) is 14.0 Å². The molecule has 1 aliphatic heterocycles. The molecule has 114 valence electrons. The van der Waals surface area contributed by atoms with Crippen LogP contribution >= 0.6 is 0 Å². The molecule has 2 aliphatic rings. The van der Waals surface area contributed by atoms with Crippen LogP contribution < -0.4 is 5.32 Å². The van der Waals surface area contributed by atoms with Crippen molar-refractivity contribution in [2.45, 2.75) is 58.2 Å². The maximum Gasteiger partial charge on any atom is 0.354 e. The van der Waals surface area contributed by atoms with Gasteiger partial charge in [-0.15, -0.1) is 0 Å². The van der Waals surface area contributed by atoms with Crippen LogP contribution in [0.15, 0.2) is 0 Å². The Hall–Kier alpha value is -1.13. The number of amides is 1. The van der Waals surface area contributed by atoms with Crippen LogP contribution in [0, 0.1) is 17.8 Å². The third-order valence-corrected chi connectivity index (χ3v) is 4.66. The van der Waals surface area contributed by atoms with E-state index in [4.69, 9.17) is 4.74 Å². The molecule has 4 nitrogen and oxygen atoms in total. The number of hydrogen-bond acceptors (Lipinski definition) is 3. The average Bonchev–Trinajstić information content (AvgIpc) is 2.70. The molecule has 5 heteroatoms. The molecule has 4 atom stereocenters. The molecular formula is C15H24FNO3. The Kier molecular flexibility index (Phi) is 4.35. The first-order valence-corrected chi connectivity index (χ1v) is 7.53. The Bertz CT molecular complexity index is 399. The summed E-state index contributed by atoms with van der Waals surface area (Å²) in [7, 11) is 0. The lowest BCUT2D eigenvalue weighted by Crippen LogP contribution is -2.46. The molecule has 2 rings (SSSR count). The second-order valence-corrected chi connectivity index (χ2v) is 6.58. The molecule has 1 unspecified atom stereocenters. The third kappa shape index (κ3) is 2.81. The maximum absolute atomic E-state index is 14.4. The van der Waals surface area contributed by atoms with E-state index in [1.807, 2.05) is 0 Å². The van der Waals surface area contributed by atoms with Gasteiger partial charge in [0.1, 0.15) is 6.10 Å². The van der Waals surface area contributed by atoms with Crippen LogP contribution in [-0.4, -0.2) is 30.2 Å². The van der Waals surface area contributed by atoms with Crippen molar-refractivity contribution in [3.05, 3.63) is 0 Å². The van der Waals surface area contributed by atoms with Crippen LogP contribution in [0.1, 0.15) is 46.5 Å². The van der Waals surface area contributed by atoms with Crippen LogP contribution in [0.2, 0.25) is 0 Å². The molecule has 20 heavy (non-hydrogen) atoms. The minimum atomic E-state index is -2.48. The summed E-state index contributed by atoms with van der Waals surface area (Å²) >= 11 is 0. The zero-order valence-electron chi connectivity index (χ0n) is 12.4. The number of esters is 1. The van der Waals surface area contributed by atoms with Crippen molar-refractivity contribution in [3.63, 3.8) is 0 Å². The van der Waals surface area contributed by atoms with Crippen molar-refractivity contribution in [3.8, 4) is 0 Å². The lowest BCUT2D eigenvalue weighted by atomic mass is 9.75. The first-order chi connectivity index (χ1) is 9.34. The predicted octanol–water partition coefficient (Wildman–Crippen LogP) is 2.22. The van der Waals surface area contributed by atoms with Gasteiger partial charge in [0.2, 0.25) is 0 Å². The van der Waals surface area contributed by atoms with E-state index in [1.165, 1.54) is 0 Å². The Balaban J connectivity index is 2.06. The zero-order valence-corrected chi connectivity index (χ0v) is 12.4. The minimum Gasteiger partial charge on any atom is -0.459 e. The second-order valence-electron chi connectivity index (χ2n) is 6.58. The molecule has 0 bridgehead atoms. The summed E-state index contributed by atoms with van der Waals surface area (Å²) in [5, 5.41) is 2.36. The van der Waals surface area contributed by atoms with Crippen LogP contribution in [0.5, 0.6) is 0 Å². The quantitative estimate of drug-likeness (QED) is 0.639. The molecule has 0 aromatic rings. The zero-order chi connectivity index (χ0) is 14.9. The molecule has 1 heterocycles. The lowest BCUT2D eigenvalue weighted by Gasteiger charge is -2.37. The fraction of sp³-hybridized carbons (Fsp3) is 0.867. The van der Waals surface area contributed by atoms with Gasteiger partial charge in [-0.1, -0.05) is 27.2 Å². The number of carbonyl (C=O) groups is 2. The van der Waals surface area contributed by atoms with Crippen molar-refractivity contribution in [1.82, 2.24) is 5.32 Å². The Morgan fingerprint density at radius 2 is 2.15 bits per heavy atom. The Morgan fingerprint density at radius 1 is 1.45 bits per heavy atom. The van der Waals surface area contributed by atoms with Crippen LogP contribution in [0.25, 0.3) is 0 Å². The van der Waals surface area contributed by atoms with Crippen molar-refractivity contribution in [2.24, 2.45) is 17.8 Å². The first-order valence-electron chi connectivity index (χ1n) is 7.53. The molecule has 0 aromatic heterocycles. The van der Waals surface area contributed by atoms with Gasteiger partial charge in [-0.3, -0.25) is 4.79 Å². The Morgan fingerprint density at radius 3 is 2.70 bits per heavy atom. The van der Waals surface area contributed by atoms with E-state index in [-0.39, 0.29) is 25.0 Å². The van der Waals surface area contributed by atoms with Gasteiger partial charge in [0.25, 0.3) is 11.6 Å². The summed E-state index contributed by atoms with van der Waals surface area (Å²) in [4.78, 5) is 23.5. The van der Waals surface area contributed by atoms with Gasteiger partial charge >= 0.3 is 5.97 Å². The highest BCUT2D eigenvalue weighted by Gasteiger charge is 2.52. The van der Waals surface area contributed by atoms with E-state index < -0.39 is 17.5 Å². The van der Waals surface area contributed by atoms with Gasteiger partial charge in [-0.25, -0.2) is 9.18 Å². The largest absolute Gasteiger partial charge is 0.459 e. The highest BCUT2D eigenvalue weighted by Crippen LogP contribution is 2.36. The van der Waals surface area contributed by atoms with Gasteiger partial charge < -0.3 is 10.1 Å². The van der Waals surface area contributed by atoms with Gasteiger partial charge in [-0.2, -0.15) is 0 Å². The molecule has 0 aromatic carbocycles. The minimum absolute atomic E-state index is 0.126. The van der Waals surface area contributed by atoms with E-state index in [2.05, 4.69) is 26.1 Å². The van der Waals surface area contributed by atoms with Crippen molar-refractivity contribution in [2.75, 3.05) is 6.54 Å². The topological polar surface area (TPSA) is 55.4 Å². The monoisotopic (exact) mass is 285 g/mol. The van der Waals surface area contributed by atoms with Crippen LogP contribution in [0.3, 0.4) is 0 Å². The number of alkyl halides is 1. The first kappa shape index (κ1) is 15.3. The van der Waals surface area contributed by atoms with E-state index >= 15 is 0 Å². The number of carbonyl (C=O) groups excluding carboxylic acids is 2. The predicted molar refractivity (Wildman–Crippen MR) is 72.7 cm³/mol. The average molecular weight is 285 g/mol. The van der Waals surface area contributed by atoms with E-state index in [1.54, 1.807) is 0 Å². The molecule has 1 aliphatic carbocycles. The molecule has 1 amide bonds. The van der Waals surface area contributed by atoms with Crippen molar-refractivity contribution >= 4 is 11.9 Å². The summed E-state index contributed by atoms with van der Waals surface area (Å²) in [6, 6.07) is 0. The number of nitrogens with one attached hydrogen (secondary N) is 1. The summed E-state index contributed by atoms with van der Waals surface area (Å²) in [5.41, 5.74) is -2.48. The van der Waals surface area contributed by atoms with Gasteiger partial charge in [0.05, 0.1) is 0 Å². The molecule has 0 spiro atoms. The van der Waals surface area contributed by atoms with Gasteiger partial charge in [-0.05, 0) is 30.6 Å². The molecule has 1 saturated heterocycles. The molecule has 1 N–H and O–H groups in total. The fourth-order valence-corrected chi connectivity index (χ4v) is 3.28. The molecule has 1 saturated carbocycles. The number of halogens is 1. The maximum atomic E-state index is 14.4. The highest BCUT2D eigenvalue weighted by molar-refractivity contribution is 6.07. The Labute approximate surface area is 119 Å². The van der Waals surface area contributed by atoms with Gasteiger partial charge in [0.15, 0.2) is 0 Å². The SMILES string of the molecule is CC(C)C1CC[C@H](C)C[C@@H]1OC(=O)[C@]1(F)CCNC1=O. The fourth-order valence-electron chi connectivity index (χ4n) is 3.28. The van der Waals surface area contributed by atoms with Crippen molar-refractivity contribution < 1.29 is 18.7 Å². The lowest BCUT2D eigenvalue weighted by molar-refractivity contribution is -0.172. The van der Waals surface area contributed by atoms with Crippen molar-refractivity contribution in [1.29, 1.82) is 0 Å². The van der Waals surface area contributed by atoms with Crippen LogP contribution in [-0.2, 0) is 14.3 Å². The third-order valence-electron chi connectivity index (χ3n) is 4.66. The summed E-state index contributed by atoms with van der Waals surface area (Å²) < 4.78 is 19.8. The van der Waals surface area contributed by atoms with Crippen LogP contribution in [0.4, 0.5) is 4.39 Å². The second kappa shape index (κ2) is 5.70. The van der Waals surface area contributed by atoms with Gasteiger partial charge in [0, 0.05) is 13.0 Å². The molecular weight excluding hydrogens is 261 g/mol. The summed E-state index contributed by atoms with van der Waals surface area (Å²) in [6.07, 6.45) is 2.46. The summed E-state index contributed by atoms with van der Waals surface area (Å²) in [5.74, 6) is -0.753. The van der Waals surface area contributed by atoms with E-state index in [0.717, 1.165) is 19.3 Å². The molecule has 2 fully saturated rings. The normalized spacial score (nSPS) is 37.9. The van der Waals surface area contributed by atoms with E-state index in [0.29, 0.717) is 11.8 Å². The molecule has 0 radical (unpaired) electrons. The summed E-state index contributed by atoms with van der Waals surface area (Å²) in [6.45, 7) is 6.49.